The van der Waals surface area contributed by atoms with E-state index in [-0.39, 0.29) is 5.91 Å². The van der Waals surface area contributed by atoms with Crippen LogP contribution in [-0.2, 0) is 6.54 Å². The largest absolute Gasteiger partial charge is 0.307 e. The van der Waals surface area contributed by atoms with Crippen LogP contribution < -0.4 is 5.32 Å². The smallest absolute Gasteiger partial charge is 0.257 e. The Kier molecular flexibility index (Phi) is 4.65. The van der Waals surface area contributed by atoms with Gasteiger partial charge in [0.05, 0.1) is 23.8 Å². The summed E-state index contributed by atoms with van der Waals surface area (Å²) in [7, 11) is 0. The van der Waals surface area contributed by atoms with Gasteiger partial charge < -0.3 is 5.32 Å². The van der Waals surface area contributed by atoms with Crippen LogP contribution in [0.3, 0.4) is 0 Å². The SMILES string of the molecule is Cc1cccc(Cn2nccc2NC(=O)c2cc(C)nc3ccc(C)cc23)c1. The van der Waals surface area contributed by atoms with E-state index in [9.17, 15) is 4.79 Å². The minimum atomic E-state index is -0.160. The molecule has 0 saturated carbocycles. The van der Waals surface area contributed by atoms with Gasteiger partial charge in [-0.05, 0) is 44.5 Å². The van der Waals surface area contributed by atoms with Crippen molar-refractivity contribution in [2.24, 2.45) is 0 Å². The van der Waals surface area contributed by atoms with E-state index in [1.54, 1.807) is 10.9 Å². The summed E-state index contributed by atoms with van der Waals surface area (Å²) in [6, 6.07) is 17.9. The maximum Gasteiger partial charge on any atom is 0.257 e. The summed E-state index contributed by atoms with van der Waals surface area (Å²) in [6.45, 7) is 6.57. The van der Waals surface area contributed by atoms with Crippen LogP contribution in [0, 0.1) is 20.8 Å². The number of nitrogens with zero attached hydrogens (tertiary/aromatic N) is 3. The van der Waals surface area contributed by atoms with Crippen molar-refractivity contribution in [1.82, 2.24) is 14.8 Å². The monoisotopic (exact) mass is 370 g/mol. The first-order chi connectivity index (χ1) is 13.5. The standard InChI is InChI=1S/C23H22N4O/c1-15-5-4-6-18(11-15)14-27-22(9-10-24-27)26-23(28)20-13-17(3)25-21-8-7-16(2)12-19(20)21/h4-13H,14H2,1-3H3,(H,26,28). The highest BCUT2D eigenvalue weighted by Crippen LogP contribution is 2.21. The van der Waals surface area contributed by atoms with Gasteiger partial charge in [0.2, 0.25) is 0 Å². The highest BCUT2D eigenvalue weighted by atomic mass is 16.1. The van der Waals surface area contributed by atoms with Gasteiger partial charge in [-0.2, -0.15) is 5.10 Å². The van der Waals surface area contributed by atoms with Gasteiger partial charge in [-0.15, -0.1) is 0 Å². The molecule has 2 aromatic carbocycles. The molecule has 0 aliphatic heterocycles. The minimum absolute atomic E-state index is 0.160. The Labute approximate surface area is 164 Å². The molecule has 4 rings (SSSR count). The van der Waals surface area contributed by atoms with Gasteiger partial charge in [-0.3, -0.25) is 9.78 Å². The molecule has 0 aliphatic rings. The van der Waals surface area contributed by atoms with Gasteiger partial charge in [0, 0.05) is 17.1 Å². The van der Waals surface area contributed by atoms with Crippen LogP contribution in [0.4, 0.5) is 5.82 Å². The third-order valence-electron chi connectivity index (χ3n) is 4.71. The molecule has 0 spiro atoms. The summed E-state index contributed by atoms with van der Waals surface area (Å²) in [5, 5.41) is 8.24. The average molecular weight is 370 g/mol. The maximum atomic E-state index is 13.1. The molecule has 1 N–H and O–H groups in total. The first kappa shape index (κ1) is 17.9. The van der Waals surface area contributed by atoms with E-state index in [0.717, 1.165) is 27.7 Å². The van der Waals surface area contributed by atoms with E-state index >= 15 is 0 Å². The number of fused-ring (bicyclic) bond motifs is 1. The second-order valence-corrected chi connectivity index (χ2v) is 7.15. The van der Waals surface area contributed by atoms with Crippen LogP contribution in [0.1, 0.15) is 32.7 Å². The van der Waals surface area contributed by atoms with Crippen molar-refractivity contribution in [2.75, 3.05) is 5.32 Å². The lowest BCUT2D eigenvalue weighted by atomic mass is 10.0. The average Bonchev–Trinajstić information content (AvgIpc) is 3.08. The van der Waals surface area contributed by atoms with Crippen molar-refractivity contribution in [3.63, 3.8) is 0 Å². The highest BCUT2D eigenvalue weighted by molar-refractivity contribution is 6.12. The van der Waals surface area contributed by atoms with Crippen molar-refractivity contribution in [1.29, 1.82) is 0 Å². The number of carbonyl (C=O) groups excluding carboxylic acids is 1. The van der Waals surface area contributed by atoms with Crippen molar-refractivity contribution in [3.05, 3.63) is 88.7 Å². The van der Waals surface area contributed by atoms with Gasteiger partial charge in [0.25, 0.3) is 5.91 Å². The van der Waals surface area contributed by atoms with E-state index < -0.39 is 0 Å². The van der Waals surface area contributed by atoms with Gasteiger partial charge in [-0.1, -0.05) is 41.5 Å². The molecule has 4 aromatic rings. The highest BCUT2D eigenvalue weighted by Gasteiger charge is 2.15. The Morgan fingerprint density at radius 3 is 2.64 bits per heavy atom. The maximum absolute atomic E-state index is 13.1. The Hall–Kier alpha value is -3.47. The molecule has 0 saturated heterocycles. The molecular formula is C23H22N4O. The normalized spacial score (nSPS) is 11.0. The zero-order valence-corrected chi connectivity index (χ0v) is 16.2. The second-order valence-electron chi connectivity index (χ2n) is 7.15. The number of amides is 1. The molecule has 0 aliphatic carbocycles. The van der Waals surface area contributed by atoms with Crippen LogP contribution in [0.5, 0.6) is 0 Å². The zero-order chi connectivity index (χ0) is 19.7. The molecule has 5 nitrogen and oxygen atoms in total. The first-order valence-electron chi connectivity index (χ1n) is 9.26. The third kappa shape index (κ3) is 3.64. The first-order valence-corrected chi connectivity index (χ1v) is 9.26. The lowest BCUT2D eigenvalue weighted by Gasteiger charge is -2.12. The van der Waals surface area contributed by atoms with Crippen LogP contribution in [-0.4, -0.2) is 20.7 Å². The number of hydrogen-bond acceptors (Lipinski definition) is 3. The van der Waals surface area contributed by atoms with Crippen molar-refractivity contribution >= 4 is 22.6 Å². The number of benzene rings is 2. The van der Waals surface area contributed by atoms with Crippen molar-refractivity contribution in [3.8, 4) is 0 Å². The van der Waals surface area contributed by atoms with Crippen molar-refractivity contribution < 1.29 is 4.79 Å². The van der Waals surface area contributed by atoms with Crippen molar-refractivity contribution in [2.45, 2.75) is 27.3 Å². The summed E-state index contributed by atoms with van der Waals surface area (Å²) in [5.41, 5.74) is 5.69. The summed E-state index contributed by atoms with van der Waals surface area (Å²) in [5.74, 6) is 0.508. The summed E-state index contributed by atoms with van der Waals surface area (Å²) in [6.07, 6.45) is 1.70. The number of rotatable bonds is 4. The Bertz CT molecular complexity index is 1180. The van der Waals surface area contributed by atoms with Gasteiger partial charge in [0.15, 0.2) is 0 Å². The predicted octanol–water partition coefficient (Wildman–Crippen LogP) is 4.66. The van der Waals surface area contributed by atoms with E-state index in [1.165, 1.54) is 5.56 Å². The van der Waals surface area contributed by atoms with Gasteiger partial charge >= 0.3 is 0 Å². The fourth-order valence-corrected chi connectivity index (χ4v) is 3.39. The minimum Gasteiger partial charge on any atom is -0.307 e. The molecule has 2 aromatic heterocycles. The number of aryl methyl sites for hydroxylation is 3. The number of nitrogens with one attached hydrogen (secondary N) is 1. The van der Waals surface area contributed by atoms with Crippen LogP contribution >= 0.6 is 0 Å². The number of aromatic nitrogens is 3. The Morgan fingerprint density at radius 2 is 1.82 bits per heavy atom. The van der Waals surface area contributed by atoms with E-state index in [4.69, 9.17) is 0 Å². The summed E-state index contributed by atoms with van der Waals surface area (Å²) in [4.78, 5) is 17.6. The fourth-order valence-electron chi connectivity index (χ4n) is 3.39. The zero-order valence-electron chi connectivity index (χ0n) is 16.2. The number of pyridine rings is 1. The molecule has 0 unspecified atom stereocenters. The third-order valence-corrected chi connectivity index (χ3v) is 4.71. The molecule has 0 bridgehead atoms. The summed E-state index contributed by atoms with van der Waals surface area (Å²) < 4.78 is 1.80. The lowest BCUT2D eigenvalue weighted by Crippen LogP contribution is -2.17. The molecule has 2 heterocycles. The summed E-state index contributed by atoms with van der Waals surface area (Å²) >= 11 is 0. The molecule has 140 valence electrons. The topological polar surface area (TPSA) is 59.8 Å². The molecule has 5 heteroatoms. The van der Waals surface area contributed by atoms with E-state index in [0.29, 0.717) is 17.9 Å². The molecule has 28 heavy (non-hydrogen) atoms. The second kappa shape index (κ2) is 7.27. The van der Waals surface area contributed by atoms with Crippen LogP contribution in [0.15, 0.2) is 60.8 Å². The molecule has 0 fully saturated rings. The molecular weight excluding hydrogens is 348 g/mol. The lowest BCUT2D eigenvalue weighted by molar-refractivity contribution is 0.102. The van der Waals surface area contributed by atoms with Gasteiger partial charge in [0.1, 0.15) is 5.82 Å². The predicted molar refractivity (Wildman–Crippen MR) is 112 cm³/mol. The van der Waals surface area contributed by atoms with Gasteiger partial charge in [-0.25, -0.2) is 4.68 Å². The quantitative estimate of drug-likeness (QED) is 0.568. The number of anilines is 1. The molecule has 0 atom stereocenters. The number of carbonyl (C=O) groups is 1. The molecule has 1 amide bonds. The van der Waals surface area contributed by atoms with E-state index in [2.05, 4.69) is 40.5 Å². The Balaban J connectivity index is 1.64. The van der Waals surface area contributed by atoms with Crippen LogP contribution in [0.25, 0.3) is 10.9 Å². The van der Waals surface area contributed by atoms with E-state index in [1.807, 2.05) is 50.2 Å². The van der Waals surface area contributed by atoms with Crippen LogP contribution in [0.2, 0.25) is 0 Å². The Morgan fingerprint density at radius 1 is 1.00 bits per heavy atom. The fraction of sp³-hybridized carbons (Fsp3) is 0.174. The molecule has 0 radical (unpaired) electrons. The number of hydrogen-bond donors (Lipinski definition) is 1.